The molecular formula is C13H18NO4+. The number of quaternary nitrogens is 1. The molecule has 1 aromatic carbocycles. The Morgan fingerprint density at radius 3 is 2.78 bits per heavy atom. The number of rotatable bonds is 4. The van der Waals surface area contributed by atoms with Gasteiger partial charge in [0.05, 0.1) is 13.2 Å². The van der Waals surface area contributed by atoms with E-state index in [0.717, 1.165) is 32.8 Å². The third-order valence-electron chi connectivity index (χ3n) is 3.01. The molecule has 5 nitrogen and oxygen atoms in total. The van der Waals surface area contributed by atoms with Gasteiger partial charge in [-0.05, 0) is 12.1 Å². The molecule has 0 radical (unpaired) electrons. The largest absolute Gasteiger partial charge is 0.507 e. The molecule has 1 fully saturated rings. The van der Waals surface area contributed by atoms with Gasteiger partial charge < -0.3 is 19.5 Å². The summed E-state index contributed by atoms with van der Waals surface area (Å²) in [5.74, 6) is -0.512. The van der Waals surface area contributed by atoms with E-state index < -0.39 is 5.97 Å². The molecular weight excluding hydrogens is 234 g/mol. The Kier molecular flexibility index (Phi) is 4.55. The van der Waals surface area contributed by atoms with Crippen molar-refractivity contribution < 1.29 is 24.3 Å². The lowest BCUT2D eigenvalue weighted by atomic mass is 10.2. The van der Waals surface area contributed by atoms with Gasteiger partial charge in [-0.15, -0.1) is 0 Å². The number of ether oxygens (including phenoxy) is 2. The van der Waals surface area contributed by atoms with E-state index in [2.05, 4.69) is 0 Å². The first kappa shape index (κ1) is 12.9. The molecule has 0 amide bonds. The number of aromatic hydroxyl groups is 1. The minimum Gasteiger partial charge on any atom is -0.507 e. The Labute approximate surface area is 106 Å². The smallest absolute Gasteiger partial charge is 0.342 e. The van der Waals surface area contributed by atoms with E-state index in [1.807, 2.05) is 0 Å². The monoisotopic (exact) mass is 252 g/mol. The van der Waals surface area contributed by atoms with Crippen LogP contribution in [0.3, 0.4) is 0 Å². The minimum absolute atomic E-state index is 0.0405. The van der Waals surface area contributed by atoms with Crippen molar-refractivity contribution in [3.63, 3.8) is 0 Å². The van der Waals surface area contributed by atoms with Crippen LogP contribution in [0.2, 0.25) is 0 Å². The molecule has 1 aliphatic heterocycles. The van der Waals surface area contributed by atoms with Gasteiger partial charge in [0.25, 0.3) is 0 Å². The number of phenolic OH excluding ortho intramolecular Hbond substituents is 1. The van der Waals surface area contributed by atoms with Crippen molar-refractivity contribution in [2.24, 2.45) is 0 Å². The molecule has 5 heteroatoms. The van der Waals surface area contributed by atoms with Crippen LogP contribution in [0.25, 0.3) is 0 Å². The van der Waals surface area contributed by atoms with Gasteiger partial charge in [-0.1, -0.05) is 12.1 Å². The van der Waals surface area contributed by atoms with E-state index in [0.29, 0.717) is 6.61 Å². The van der Waals surface area contributed by atoms with Gasteiger partial charge in [-0.25, -0.2) is 4.79 Å². The van der Waals surface area contributed by atoms with E-state index in [-0.39, 0.29) is 11.3 Å². The van der Waals surface area contributed by atoms with Crippen LogP contribution >= 0.6 is 0 Å². The molecule has 18 heavy (non-hydrogen) atoms. The summed E-state index contributed by atoms with van der Waals surface area (Å²) in [6.07, 6.45) is 0. The zero-order valence-electron chi connectivity index (χ0n) is 10.2. The van der Waals surface area contributed by atoms with Crippen LogP contribution in [-0.4, -0.2) is 50.5 Å². The van der Waals surface area contributed by atoms with Crippen molar-refractivity contribution >= 4 is 5.97 Å². The topological polar surface area (TPSA) is 60.2 Å². The lowest BCUT2D eigenvalue weighted by molar-refractivity contribution is -0.908. The molecule has 1 aliphatic rings. The average molecular weight is 252 g/mol. The second kappa shape index (κ2) is 6.37. The molecule has 2 rings (SSSR count). The van der Waals surface area contributed by atoms with Crippen molar-refractivity contribution in [2.45, 2.75) is 0 Å². The van der Waals surface area contributed by atoms with Gasteiger partial charge in [-0.2, -0.15) is 0 Å². The fraction of sp³-hybridized carbons (Fsp3) is 0.462. The average Bonchev–Trinajstić information content (AvgIpc) is 2.40. The van der Waals surface area contributed by atoms with Crippen LogP contribution in [0.5, 0.6) is 5.75 Å². The zero-order chi connectivity index (χ0) is 12.8. The Hall–Kier alpha value is -1.59. The molecule has 1 aromatic rings. The van der Waals surface area contributed by atoms with Gasteiger partial charge in [0.2, 0.25) is 0 Å². The maximum absolute atomic E-state index is 11.7. The molecule has 0 saturated carbocycles. The maximum atomic E-state index is 11.7. The first-order valence-corrected chi connectivity index (χ1v) is 6.14. The molecule has 0 spiro atoms. The SMILES string of the molecule is O=C(OCC[NH+]1CCOCC1)c1ccccc1O. The summed E-state index contributed by atoms with van der Waals surface area (Å²) in [6, 6.07) is 6.40. The van der Waals surface area contributed by atoms with Crippen LogP contribution in [0.4, 0.5) is 0 Å². The number of phenols is 1. The summed E-state index contributed by atoms with van der Waals surface area (Å²) in [4.78, 5) is 13.1. The molecule has 0 aliphatic carbocycles. The summed E-state index contributed by atoms with van der Waals surface area (Å²) >= 11 is 0. The Balaban J connectivity index is 1.76. The Morgan fingerprint density at radius 1 is 1.33 bits per heavy atom. The highest BCUT2D eigenvalue weighted by molar-refractivity contribution is 5.92. The lowest BCUT2D eigenvalue weighted by Crippen LogP contribution is -3.14. The van der Waals surface area contributed by atoms with E-state index in [4.69, 9.17) is 9.47 Å². The standard InChI is InChI=1S/C13H17NO4/c15-12-4-2-1-3-11(12)13(16)18-10-7-14-5-8-17-9-6-14/h1-4,15H,5-10H2/p+1. The predicted molar refractivity (Wildman–Crippen MR) is 64.8 cm³/mol. The van der Waals surface area contributed by atoms with Crippen LogP contribution in [0, 0.1) is 0 Å². The number of carbonyl (C=O) groups excluding carboxylic acids is 1. The predicted octanol–water partition coefficient (Wildman–Crippen LogP) is -0.536. The molecule has 1 heterocycles. The molecule has 98 valence electrons. The molecule has 2 N–H and O–H groups in total. The minimum atomic E-state index is -0.472. The molecule has 0 bridgehead atoms. The number of para-hydroxylation sites is 1. The van der Waals surface area contributed by atoms with E-state index in [1.165, 1.54) is 11.0 Å². The van der Waals surface area contributed by atoms with E-state index >= 15 is 0 Å². The van der Waals surface area contributed by atoms with Crippen LogP contribution in [0.1, 0.15) is 10.4 Å². The fourth-order valence-corrected chi connectivity index (χ4v) is 1.92. The summed E-state index contributed by atoms with van der Waals surface area (Å²) in [7, 11) is 0. The van der Waals surface area contributed by atoms with Crippen LogP contribution < -0.4 is 4.90 Å². The van der Waals surface area contributed by atoms with Gasteiger partial charge >= 0.3 is 5.97 Å². The summed E-state index contributed by atoms with van der Waals surface area (Å²) in [6.45, 7) is 4.58. The van der Waals surface area contributed by atoms with Gasteiger partial charge in [-0.3, -0.25) is 0 Å². The third-order valence-corrected chi connectivity index (χ3v) is 3.01. The van der Waals surface area contributed by atoms with Crippen molar-refractivity contribution in [2.75, 3.05) is 39.5 Å². The third kappa shape index (κ3) is 3.45. The zero-order valence-corrected chi connectivity index (χ0v) is 10.2. The van der Waals surface area contributed by atoms with E-state index in [1.54, 1.807) is 18.2 Å². The highest BCUT2D eigenvalue weighted by atomic mass is 16.5. The molecule has 0 atom stereocenters. The van der Waals surface area contributed by atoms with Crippen LogP contribution in [0.15, 0.2) is 24.3 Å². The second-order valence-corrected chi connectivity index (χ2v) is 4.27. The highest BCUT2D eigenvalue weighted by Crippen LogP contribution is 2.16. The lowest BCUT2D eigenvalue weighted by Gasteiger charge is -2.23. The normalized spacial score (nSPS) is 16.4. The van der Waals surface area contributed by atoms with Crippen molar-refractivity contribution in [1.29, 1.82) is 0 Å². The first-order chi connectivity index (χ1) is 8.77. The fourth-order valence-electron chi connectivity index (χ4n) is 1.92. The van der Waals surface area contributed by atoms with Crippen molar-refractivity contribution in [3.8, 4) is 5.75 Å². The van der Waals surface area contributed by atoms with Crippen LogP contribution in [-0.2, 0) is 9.47 Å². The maximum Gasteiger partial charge on any atom is 0.342 e. The van der Waals surface area contributed by atoms with Crippen molar-refractivity contribution in [3.05, 3.63) is 29.8 Å². The Morgan fingerprint density at radius 2 is 2.06 bits per heavy atom. The Bertz CT molecular complexity index is 402. The number of hydrogen-bond donors (Lipinski definition) is 2. The van der Waals surface area contributed by atoms with E-state index in [9.17, 15) is 9.90 Å². The summed E-state index contributed by atoms with van der Waals surface area (Å²) in [5, 5.41) is 9.51. The number of hydrogen-bond acceptors (Lipinski definition) is 4. The van der Waals surface area contributed by atoms with Gasteiger partial charge in [0.1, 0.15) is 37.6 Å². The highest BCUT2D eigenvalue weighted by Gasteiger charge is 2.16. The van der Waals surface area contributed by atoms with Crippen molar-refractivity contribution in [1.82, 2.24) is 0 Å². The van der Waals surface area contributed by atoms with Gasteiger partial charge in [0, 0.05) is 0 Å². The quantitative estimate of drug-likeness (QED) is 0.707. The molecule has 1 saturated heterocycles. The first-order valence-electron chi connectivity index (χ1n) is 6.14. The summed E-state index contributed by atoms with van der Waals surface area (Å²) < 4.78 is 10.4. The molecule has 0 unspecified atom stereocenters. The molecule has 0 aromatic heterocycles. The number of carbonyl (C=O) groups is 1. The second-order valence-electron chi connectivity index (χ2n) is 4.27. The summed E-state index contributed by atoms with van der Waals surface area (Å²) in [5.41, 5.74) is 0.217. The number of nitrogens with one attached hydrogen (secondary N) is 1. The number of morpholine rings is 1. The number of esters is 1. The number of benzene rings is 1. The van der Waals surface area contributed by atoms with Gasteiger partial charge in [0.15, 0.2) is 0 Å².